The molecule has 0 aliphatic carbocycles. The third-order valence-corrected chi connectivity index (χ3v) is 40.7. The summed E-state index contributed by atoms with van der Waals surface area (Å²) < 4.78 is 112. The fourth-order valence-corrected chi connectivity index (χ4v) is 33.5. The number of rotatable bonds is 8. The predicted molar refractivity (Wildman–Crippen MR) is 576 cm³/mol. The molecule has 20 aromatic rings. The number of ether oxygens (including phenoxy) is 8. The van der Waals surface area contributed by atoms with Gasteiger partial charge < -0.3 is 56.2 Å². The van der Waals surface area contributed by atoms with Crippen molar-refractivity contribution in [3.05, 3.63) is 458 Å². The summed E-state index contributed by atoms with van der Waals surface area (Å²) in [6, 6.07) is 141. The van der Waals surface area contributed by atoms with E-state index in [9.17, 15) is 0 Å². The summed E-state index contributed by atoms with van der Waals surface area (Å²) >= 11 is 0. The highest BCUT2D eigenvalue weighted by molar-refractivity contribution is 7.87. The number of benzene rings is 20. The highest BCUT2D eigenvalue weighted by Crippen LogP contribution is 2.65. The zero-order valence-electron chi connectivity index (χ0n) is 78.1. The molecule has 0 saturated carbocycles. The summed E-state index contributed by atoms with van der Waals surface area (Å²) in [5, 5.41) is 8.31. The van der Waals surface area contributed by atoms with E-state index in [0.29, 0.717) is 140 Å². The van der Waals surface area contributed by atoms with E-state index in [1.54, 1.807) is 0 Å². The van der Waals surface area contributed by atoms with Crippen LogP contribution in [0.5, 0.6) is 92.0 Å². The summed E-state index contributed by atoms with van der Waals surface area (Å²) in [5.74, 6) is 9.83. The van der Waals surface area contributed by atoms with Gasteiger partial charge in [-0.05, 0) is 310 Å². The molecule has 0 saturated heterocycles. The van der Waals surface area contributed by atoms with Gasteiger partial charge in [0.1, 0.15) is 113 Å². The first-order chi connectivity index (χ1) is 69.3. The van der Waals surface area contributed by atoms with Crippen LogP contribution in [0.4, 0.5) is 0 Å². The molecule has 0 N–H and O–H groups in total. The maximum Gasteiger partial charge on any atom is 0.185 e. The lowest BCUT2D eigenvalue weighted by Crippen LogP contribution is -2.35. The van der Waals surface area contributed by atoms with Gasteiger partial charge in [-0.25, -0.2) is 0 Å². The van der Waals surface area contributed by atoms with Crippen LogP contribution in [0.25, 0.3) is 89.0 Å². The highest BCUT2D eigenvalue weighted by Gasteiger charge is 2.52. The molecular weight excluding hydrogens is 1830 g/mol. The molecule has 3 atom stereocenters. The van der Waals surface area contributed by atoms with Crippen LogP contribution in [0.15, 0.2) is 425 Å². The number of hydrogen-bond acceptors (Lipinski definition) is 12. The van der Waals surface area contributed by atoms with Crippen molar-refractivity contribution in [2.75, 3.05) is 0 Å². The fraction of sp³-hybridized carbons (Fsp3) is 0.0476. The quantitative estimate of drug-likeness (QED) is 0.134. The Bertz CT molecular complexity index is 8760. The van der Waals surface area contributed by atoms with Crippen molar-refractivity contribution in [3.8, 4) is 181 Å². The summed E-state index contributed by atoms with van der Waals surface area (Å²) in [4.78, 5) is 0. The zero-order valence-corrected chi connectivity index (χ0v) is 81.7. The molecule has 28 rings (SSSR count). The number of fused-ring (bicyclic) bond motifs is 16. The minimum absolute atomic E-state index is 0.595. The Kier molecular flexibility index (Phi) is 21.1. The molecule has 0 fully saturated rings. The third kappa shape index (κ3) is 14.2. The van der Waals surface area contributed by atoms with Crippen LogP contribution in [-0.4, -0.2) is 0 Å². The molecule has 20 aromatic carbocycles. The standard InChI is InChI=1S/2C32H23O3P.2C31H21O3P/c1-20-9-3-5-11-24(20)22-15-16-27-31(19-22)36(33)30-14-8-7-13-26(30)34-28-17-23(18-29(35-27)32(28)36)25-12-6-4-10-21(25)2;1-20-8-3-5-10-24(20)22-14-16-26-30(18-22)36(33)31-19-23(25-11-6-4-9-21(25)2)15-17-27(31)35-29-13-7-12-28(34-26)32(29)36;1-20-9-5-6-12-24(20)23-17-27-31-28(18-23)34-26-16-15-22(21-10-3-2-4-11-21)19-30(26)35(31,32)29-14-8-7-13-25(29)33-27;1-20-8-5-6-11-24(20)23-15-17-26-30(19-23)35(32)29-18-22(21-9-3-2-4-10-21)14-16-25(29)33-27-12-7-13-28(34-26)31(27)35/h2*3-19H,1-2H3;2*2-19H,1H3. The Morgan fingerprint density at radius 3 is 0.577 bits per heavy atom. The van der Waals surface area contributed by atoms with Crippen molar-refractivity contribution in [3.63, 3.8) is 0 Å². The van der Waals surface area contributed by atoms with Crippen LogP contribution in [0, 0.1) is 41.5 Å². The van der Waals surface area contributed by atoms with Crippen molar-refractivity contribution in [2.45, 2.75) is 41.5 Å². The maximum absolute atomic E-state index is 15.5. The fourth-order valence-electron chi connectivity index (χ4n) is 21.2. The van der Waals surface area contributed by atoms with Gasteiger partial charge in [0, 0.05) is 0 Å². The Hall–Kier alpha value is -16.3. The second kappa shape index (κ2) is 34.4. The summed E-state index contributed by atoms with van der Waals surface area (Å²) in [7, 11) is -13.1. The van der Waals surface area contributed by atoms with Crippen molar-refractivity contribution >= 4 is 92.2 Å². The normalized spacial score (nSPS) is 16.1. The van der Waals surface area contributed by atoms with E-state index in [2.05, 4.69) is 145 Å². The lowest BCUT2D eigenvalue weighted by atomic mass is 10.00. The van der Waals surface area contributed by atoms with Crippen LogP contribution in [0.3, 0.4) is 0 Å². The average molecular weight is 1920 g/mol. The Labute approximate surface area is 823 Å². The minimum Gasteiger partial charge on any atom is -0.456 e. The van der Waals surface area contributed by atoms with E-state index < -0.39 is 28.6 Å². The van der Waals surface area contributed by atoms with E-state index in [-0.39, 0.29) is 0 Å². The monoisotopic (exact) mass is 1920 g/mol. The number of aryl methyl sites for hydroxylation is 6. The first kappa shape index (κ1) is 87.2. The second-order valence-electron chi connectivity index (χ2n) is 36.8. The van der Waals surface area contributed by atoms with Gasteiger partial charge in [-0.3, -0.25) is 0 Å². The molecule has 0 radical (unpaired) electrons. The smallest absolute Gasteiger partial charge is 0.185 e. The first-order valence-electron chi connectivity index (χ1n) is 47.3. The molecule has 0 amide bonds. The number of hydrogen-bond donors (Lipinski definition) is 0. The molecule has 8 heterocycles. The van der Waals surface area contributed by atoms with Gasteiger partial charge in [-0.2, -0.15) is 0 Å². The summed E-state index contributed by atoms with van der Waals surface area (Å²) in [6.45, 7) is 12.6. The SMILES string of the molecule is Cc1ccccc1-c1cc2c3c(c1)Oc1ccc(-c4ccccc4)cc1P3(=O)c1ccccc1O2.Cc1ccccc1-c1cc2c3c(c1)Oc1ccc(-c4ccccc4C)cc1P3(=O)c1ccccc1O2.Cc1ccccc1-c1ccc2c(c1)P1(=O)c3cc(-c4ccccc4)ccc3Oc3cccc(c31)O2.Cc1ccccc1-c1ccc2c(c1)P1(=O)c3cc(-c4ccccc4C)ccc3Oc3cccc(c31)O2. The van der Waals surface area contributed by atoms with Gasteiger partial charge in [0.05, 0.1) is 42.4 Å². The molecular formula is C126H88O12P4. The van der Waals surface area contributed by atoms with Crippen LogP contribution in [-0.2, 0) is 18.3 Å². The molecule has 3 unspecified atom stereocenters. The van der Waals surface area contributed by atoms with Crippen molar-refractivity contribution in [1.29, 1.82) is 0 Å². The van der Waals surface area contributed by atoms with Gasteiger partial charge in [-0.1, -0.05) is 279 Å². The van der Waals surface area contributed by atoms with Gasteiger partial charge in [0.2, 0.25) is 0 Å². The molecule has 8 aliphatic heterocycles. The lowest BCUT2D eigenvalue weighted by molar-refractivity contribution is 0.461. The molecule has 0 spiro atoms. The second-order valence-corrected chi connectivity index (χ2v) is 47.3. The van der Waals surface area contributed by atoms with E-state index in [1.807, 2.05) is 322 Å². The van der Waals surface area contributed by atoms with Crippen molar-refractivity contribution in [1.82, 2.24) is 0 Å². The van der Waals surface area contributed by atoms with Crippen LogP contribution >= 0.6 is 28.6 Å². The molecule has 16 heteroatoms. The Morgan fingerprint density at radius 2 is 0.317 bits per heavy atom. The van der Waals surface area contributed by atoms with E-state index in [1.165, 1.54) is 22.3 Å². The molecule has 0 aromatic heterocycles. The third-order valence-electron chi connectivity index (χ3n) is 28.2. The van der Waals surface area contributed by atoms with Crippen LogP contribution < -0.4 is 102 Å². The van der Waals surface area contributed by atoms with E-state index in [0.717, 1.165) is 116 Å². The first-order valence-corrected chi connectivity index (χ1v) is 54.2. The van der Waals surface area contributed by atoms with Gasteiger partial charge in [0.25, 0.3) is 0 Å². The zero-order chi connectivity index (χ0) is 96.0. The summed E-state index contributed by atoms with van der Waals surface area (Å²) in [6.07, 6.45) is 0. The topological polar surface area (TPSA) is 142 Å². The van der Waals surface area contributed by atoms with E-state index >= 15 is 18.3 Å². The van der Waals surface area contributed by atoms with Gasteiger partial charge in [0.15, 0.2) is 28.6 Å². The van der Waals surface area contributed by atoms with Crippen LogP contribution in [0.2, 0.25) is 0 Å². The largest absolute Gasteiger partial charge is 0.456 e. The predicted octanol–water partition coefficient (Wildman–Crippen LogP) is 29.3. The minimum atomic E-state index is -3.29. The Balaban J connectivity index is 0.0000000995. The lowest BCUT2D eigenvalue weighted by Gasteiger charge is -2.35. The van der Waals surface area contributed by atoms with Crippen LogP contribution in [0.1, 0.15) is 33.4 Å². The Morgan fingerprint density at radius 1 is 0.134 bits per heavy atom. The molecule has 12 nitrogen and oxygen atoms in total. The van der Waals surface area contributed by atoms with Crippen molar-refractivity contribution in [2.24, 2.45) is 0 Å². The highest BCUT2D eigenvalue weighted by atomic mass is 31.2. The molecule has 8 aliphatic rings. The summed E-state index contributed by atoms with van der Waals surface area (Å²) in [5.41, 5.74) is 23.9. The molecule has 0 bridgehead atoms. The maximum atomic E-state index is 15.5. The average Bonchev–Trinajstić information content (AvgIpc) is 0.710. The van der Waals surface area contributed by atoms with Gasteiger partial charge in [-0.15, -0.1) is 0 Å². The molecule has 684 valence electrons. The van der Waals surface area contributed by atoms with Crippen molar-refractivity contribution < 1.29 is 56.2 Å². The van der Waals surface area contributed by atoms with Gasteiger partial charge >= 0.3 is 0 Å². The molecule has 142 heavy (non-hydrogen) atoms. The van der Waals surface area contributed by atoms with E-state index in [4.69, 9.17) is 37.9 Å². The number of para-hydroxylation sites is 2.